The Hall–Kier alpha value is -3.21. The smallest absolute Gasteiger partial charge is 0.272 e. The largest absolute Gasteiger partial charge is 0.347 e. The van der Waals surface area contributed by atoms with Gasteiger partial charge in [-0.1, -0.05) is 69.3 Å². The minimum absolute atomic E-state index is 0.00822. The van der Waals surface area contributed by atoms with Crippen LogP contribution in [-0.4, -0.2) is 16.1 Å². The Morgan fingerprint density at radius 3 is 2.26 bits per heavy atom. The Balaban J connectivity index is 1.66. The van der Waals surface area contributed by atoms with Crippen molar-refractivity contribution < 1.29 is 4.79 Å². The molecule has 0 aliphatic carbocycles. The zero-order chi connectivity index (χ0) is 19.3. The predicted octanol–water partition coefficient (Wildman–Crippen LogP) is 4.45. The van der Waals surface area contributed by atoms with Crippen molar-refractivity contribution in [3.8, 4) is 0 Å². The van der Waals surface area contributed by atoms with Crippen molar-refractivity contribution in [1.29, 1.82) is 0 Å². The molecule has 0 aliphatic rings. The van der Waals surface area contributed by atoms with E-state index in [1.54, 1.807) is 12.1 Å². The fourth-order valence-corrected chi connectivity index (χ4v) is 2.77. The second-order valence-corrected chi connectivity index (χ2v) is 7.39. The van der Waals surface area contributed by atoms with Gasteiger partial charge in [0.1, 0.15) is 0 Å². The Morgan fingerprint density at radius 2 is 1.59 bits per heavy atom. The van der Waals surface area contributed by atoms with E-state index in [2.05, 4.69) is 47.7 Å². The fourth-order valence-electron chi connectivity index (χ4n) is 2.77. The number of carbonyl (C=O) groups is 1. The Kier molecular flexibility index (Phi) is 5.50. The van der Waals surface area contributed by atoms with Crippen molar-refractivity contribution >= 4 is 17.4 Å². The summed E-state index contributed by atoms with van der Waals surface area (Å²) < 4.78 is 0. The summed E-state index contributed by atoms with van der Waals surface area (Å²) in [6, 6.07) is 21.3. The van der Waals surface area contributed by atoms with E-state index in [0.29, 0.717) is 18.1 Å². The lowest BCUT2D eigenvalue weighted by atomic mass is 9.86. The lowest BCUT2D eigenvalue weighted by molar-refractivity contribution is 0.0945. The number of carbonyl (C=O) groups excluding carboxylic acids is 1. The molecule has 0 fully saturated rings. The van der Waals surface area contributed by atoms with Crippen LogP contribution in [-0.2, 0) is 12.0 Å². The van der Waals surface area contributed by atoms with Crippen LogP contribution < -0.4 is 10.6 Å². The molecule has 3 rings (SSSR count). The minimum Gasteiger partial charge on any atom is -0.347 e. The summed E-state index contributed by atoms with van der Waals surface area (Å²) in [4.78, 5) is 12.2. The number of benzene rings is 2. The third-order valence-corrected chi connectivity index (χ3v) is 4.19. The third kappa shape index (κ3) is 4.91. The lowest BCUT2D eigenvalue weighted by Crippen LogP contribution is -2.24. The number of nitrogens with one attached hydrogen (secondary N) is 2. The summed E-state index contributed by atoms with van der Waals surface area (Å²) in [6.45, 7) is 6.96. The molecule has 0 saturated heterocycles. The normalized spacial score (nSPS) is 11.1. The first-order chi connectivity index (χ1) is 12.9. The van der Waals surface area contributed by atoms with Gasteiger partial charge in [-0.3, -0.25) is 4.79 Å². The van der Waals surface area contributed by atoms with Crippen molar-refractivity contribution in [2.24, 2.45) is 0 Å². The molecule has 27 heavy (non-hydrogen) atoms. The van der Waals surface area contributed by atoms with Gasteiger partial charge in [0.2, 0.25) is 0 Å². The van der Waals surface area contributed by atoms with Gasteiger partial charge in [-0.05, 0) is 34.7 Å². The number of hydrogen-bond acceptors (Lipinski definition) is 4. The number of para-hydroxylation sites is 1. The van der Waals surface area contributed by atoms with Crippen LogP contribution in [0.3, 0.4) is 0 Å². The van der Waals surface area contributed by atoms with Crippen LogP contribution in [0.1, 0.15) is 42.4 Å². The average Bonchev–Trinajstić information content (AvgIpc) is 2.67. The topological polar surface area (TPSA) is 66.9 Å². The first-order valence-electron chi connectivity index (χ1n) is 8.96. The van der Waals surface area contributed by atoms with Crippen molar-refractivity contribution in [3.63, 3.8) is 0 Å². The molecule has 138 valence electrons. The molecule has 0 atom stereocenters. The lowest BCUT2D eigenvalue weighted by Gasteiger charge is -2.23. The first kappa shape index (κ1) is 18.6. The third-order valence-electron chi connectivity index (χ3n) is 4.19. The minimum atomic E-state index is -0.243. The number of aromatic nitrogens is 2. The summed E-state index contributed by atoms with van der Waals surface area (Å²) in [7, 11) is 0. The number of anilines is 2. The highest BCUT2D eigenvalue weighted by atomic mass is 16.1. The van der Waals surface area contributed by atoms with E-state index in [0.717, 1.165) is 11.3 Å². The van der Waals surface area contributed by atoms with E-state index in [1.807, 2.05) is 48.5 Å². The van der Waals surface area contributed by atoms with Gasteiger partial charge in [0.15, 0.2) is 11.5 Å². The average molecular weight is 360 g/mol. The van der Waals surface area contributed by atoms with Crippen molar-refractivity contribution in [3.05, 3.63) is 83.6 Å². The number of hydrogen-bond donors (Lipinski definition) is 2. The van der Waals surface area contributed by atoms with Crippen LogP contribution in [0.25, 0.3) is 0 Å². The zero-order valence-corrected chi connectivity index (χ0v) is 15.9. The van der Waals surface area contributed by atoms with Crippen LogP contribution in [0.4, 0.5) is 11.5 Å². The van der Waals surface area contributed by atoms with E-state index in [1.165, 1.54) is 5.56 Å². The zero-order valence-electron chi connectivity index (χ0n) is 15.9. The van der Waals surface area contributed by atoms with Gasteiger partial charge in [0.25, 0.3) is 5.91 Å². The highest BCUT2D eigenvalue weighted by molar-refractivity contribution is 5.92. The quantitative estimate of drug-likeness (QED) is 0.705. The molecule has 2 N–H and O–H groups in total. The molecule has 0 saturated carbocycles. The van der Waals surface area contributed by atoms with Gasteiger partial charge in [0, 0.05) is 12.2 Å². The Morgan fingerprint density at radius 1 is 0.889 bits per heavy atom. The van der Waals surface area contributed by atoms with E-state index in [-0.39, 0.29) is 11.3 Å². The summed E-state index contributed by atoms with van der Waals surface area (Å²) in [6.07, 6.45) is 0. The van der Waals surface area contributed by atoms with Gasteiger partial charge in [-0.2, -0.15) is 0 Å². The van der Waals surface area contributed by atoms with Gasteiger partial charge in [-0.15, -0.1) is 10.2 Å². The van der Waals surface area contributed by atoms with Crippen LogP contribution in [0.2, 0.25) is 0 Å². The Labute approximate surface area is 159 Å². The molecule has 0 spiro atoms. The van der Waals surface area contributed by atoms with Gasteiger partial charge in [0.05, 0.1) is 0 Å². The molecule has 1 amide bonds. The first-order valence-corrected chi connectivity index (χ1v) is 8.96. The maximum absolute atomic E-state index is 12.2. The standard InChI is InChI=1S/C22H24N4O/c1-22(2,3)17-11-7-8-12-18(17)24-20-14-13-19(25-26-20)21(27)23-15-16-9-5-4-6-10-16/h4-14H,15H2,1-3H3,(H,23,27)(H,24,26). The van der Waals surface area contributed by atoms with E-state index in [9.17, 15) is 4.79 Å². The summed E-state index contributed by atoms with van der Waals surface area (Å²) in [5, 5.41) is 14.4. The van der Waals surface area contributed by atoms with Crippen molar-refractivity contribution in [2.45, 2.75) is 32.7 Å². The van der Waals surface area contributed by atoms with Crippen LogP contribution in [0.15, 0.2) is 66.7 Å². The highest BCUT2D eigenvalue weighted by Crippen LogP contribution is 2.30. The summed E-state index contributed by atoms with van der Waals surface area (Å²) in [5.41, 5.74) is 3.52. The highest BCUT2D eigenvalue weighted by Gasteiger charge is 2.17. The fraction of sp³-hybridized carbons (Fsp3) is 0.227. The van der Waals surface area contributed by atoms with Crippen molar-refractivity contribution in [1.82, 2.24) is 15.5 Å². The second kappa shape index (κ2) is 7.99. The molecule has 2 aromatic carbocycles. The molecule has 5 nitrogen and oxygen atoms in total. The van der Waals surface area contributed by atoms with Crippen LogP contribution in [0, 0.1) is 0 Å². The molecule has 1 heterocycles. The molecular formula is C22H24N4O. The van der Waals surface area contributed by atoms with E-state index in [4.69, 9.17) is 0 Å². The predicted molar refractivity (Wildman–Crippen MR) is 108 cm³/mol. The second-order valence-electron chi connectivity index (χ2n) is 7.39. The van der Waals surface area contributed by atoms with Gasteiger partial charge < -0.3 is 10.6 Å². The molecule has 0 unspecified atom stereocenters. The molecule has 0 radical (unpaired) electrons. The number of amides is 1. The van der Waals surface area contributed by atoms with E-state index < -0.39 is 0 Å². The number of nitrogens with zero attached hydrogens (tertiary/aromatic N) is 2. The van der Waals surface area contributed by atoms with Crippen LogP contribution >= 0.6 is 0 Å². The summed E-state index contributed by atoms with van der Waals surface area (Å²) >= 11 is 0. The maximum atomic E-state index is 12.2. The summed E-state index contributed by atoms with van der Waals surface area (Å²) in [5.74, 6) is 0.360. The molecule has 0 bridgehead atoms. The van der Waals surface area contributed by atoms with Crippen LogP contribution in [0.5, 0.6) is 0 Å². The number of rotatable bonds is 5. The van der Waals surface area contributed by atoms with E-state index >= 15 is 0 Å². The molecular weight excluding hydrogens is 336 g/mol. The van der Waals surface area contributed by atoms with Gasteiger partial charge in [-0.25, -0.2) is 0 Å². The molecule has 3 aromatic rings. The molecule has 5 heteroatoms. The molecule has 0 aliphatic heterocycles. The monoisotopic (exact) mass is 360 g/mol. The van der Waals surface area contributed by atoms with Crippen molar-refractivity contribution in [2.75, 3.05) is 5.32 Å². The molecule has 1 aromatic heterocycles. The SMILES string of the molecule is CC(C)(C)c1ccccc1Nc1ccc(C(=O)NCc2ccccc2)nn1. The Bertz CT molecular complexity index is 900. The maximum Gasteiger partial charge on any atom is 0.272 e. The van der Waals surface area contributed by atoms with Gasteiger partial charge >= 0.3 is 0 Å².